The standard InChI is InChI=1S/C16H26N4O2S/c1-13-2-3-15(22-13)14(19-4-8-21-9-5-19)12-18-16(17)20-6-10-23-11-7-20/h2-3,14H,4-12H2,1H3,(H2,17,18). The van der Waals surface area contributed by atoms with Crippen molar-refractivity contribution in [3.8, 4) is 0 Å². The number of thioether (sulfide) groups is 1. The lowest BCUT2D eigenvalue weighted by Crippen LogP contribution is -2.44. The van der Waals surface area contributed by atoms with Crippen molar-refractivity contribution in [1.29, 1.82) is 0 Å². The Balaban J connectivity index is 1.69. The number of aryl methyl sites for hydroxylation is 1. The van der Waals surface area contributed by atoms with Gasteiger partial charge in [-0.3, -0.25) is 9.89 Å². The topological polar surface area (TPSA) is 67.2 Å². The maximum absolute atomic E-state index is 6.20. The largest absolute Gasteiger partial charge is 0.465 e. The second kappa shape index (κ2) is 8.08. The van der Waals surface area contributed by atoms with Crippen LogP contribution in [0.1, 0.15) is 17.6 Å². The third-order valence-electron chi connectivity index (χ3n) is 4.34. The molecule has 0 bridgehead atoms. The van der Waals surface area contributed by atoms with Crippen LogP contribution >= 0.6 is 11.8 Å². The fraction of sp³-hybridized carbons (Fsp3) is 0.688. The van der Waals surface area contributed by atoms with Gasteiger partial charge in [0.15, 0.2) is 5.96 Å². The molecule has 1 atom stereocenters. The van der Waals surface area contributed by atoms with Crippen LogP contribution in [0.4, 0.5) is 0 Å². The van der Waals surface area contributed by atoms with E-state index in [9.17, 15) is 0 Å². The Morgan fingerprint density at radius 1 is 1.26 bits per heavy atom. The Hall–Kier alpha value is -1.18. The number of furan rings is 1. The van der Waals surface area contributed by atoms with Crippen LogP contribution in [0, 0.1) is 6.92 Å². The zero-order chi connectivity index (χ0) is 16.1. The third kappa shape index (κ3) is 4.43. The number of morpholine rings is 1. The van der Waals surface area contributed by atoms with Gasteiger partial charge in [0.1, 0.15) is 11.5 Å². The van der Waals surface area contributed by atoms with Gasteiger partial charge in [0.2, 0.25) is 0 Å². The highest BCUT2D eigenvalue weighted by Crippen LogP contribution is 2.24. The van der Waals surface area contributed by atoms with Crippen LogP contribution in [0.2, 0.25) is 0 Å². The number of hydrogen-bond acceptors (Lipinski definition) is 5. The van der Waals surface area contributed by atoms with Crippen molar-refractivity contribution in [2.45, 2.75) is 13.0 Å². The SMILES string of the molecule is Cc1ccc(C(CN=C(N)N2CCSCC2)N2CCOCC2)o1. The average Bonchev–Trinajstić information content (AvgIpc) is 3.03. The molecule has 2 N–H and O–H groups in total. The smallest absolute Gasteiger partial charge is 0.191 e. The van der Waals surface area contributed by atoms with Crippen molar-refractivity contribution in [3.63, 3.8) is 0 Å². The second-order valence-electron chi connectivity index (χ2n) is 5.91. The first-order chi connectivity index (χ1) is 11.2. The summed E-state index contributed by atoms with van der Waals surface area (Å²) in [6.07, 6.45) is 0. The molecule has 1 aromatic rings. The molecule has 1 unspecified atom stereocenters. The monoisotopic (exact) mass is 338 g/mol. The van der Waals surface area contributed by atoms with E-state index in [4.69, 9.17) is 14.9 Å². The molecule has 7 heteroatoms. The van der Waals surface area contributed by atoms with Gasteiger partial charge in [-0.1, -0.05) is 0 Å². The molecule has 0 aromatic carbocycles. The van der Waals surface area contributed by atoms with E-state index in [0.29, 0.717) is 12.5 Å². The van der Waals surface area contributed by atoms with Gasteiger partial charge in [0.05, 0.1) is 25.8 Å². The van der Waals surface area contributed by atoms with Crippen molar-refractivity contribution in [3.05, 3.63) is 23.7 Å². The van der Waals surface area contributed by atoms with Crippen LogP contribution in [0.15, 0.2) is 21.5 Å². The van der Waals surface area contributed by atoms with E-state index in [1.807, 2.05) is 24.8 Å². The van der Waals surface area contributed by atoms with E-state index in [-0.39, 0.29) is 6.04 Å². The van der Waals surface area contributed by atoms with Gasteiger partial charge in [-0.15, -0.1) is 0 Å². The predicted molar refractivity (Wildman–Crippen MR) is 94.0 cm³/mol. The highest BCUT2D eigenvalue weighted by atomic mass is 32.2. The molecule has 0 radical (unpaired) electrons. The van der Waals surface area contributed by atoms with Crippen LogP contribution in [0.25, 0.3) is 0 Å². The van der Waals surface area contributed by atoms with Gasteiger partial charge in [-0.25, -0.2) is 0 Å². The molecule has 2 aliphatic rings. The van der Waals surface area contributed by atoms with E-state index in [1.165, 1.54) is 0 Å². The first-order valence-electron chi connectivity index (χ1n) is 8.25. The summed E-state index contributed by atoms with van der Waals surface area (Å²) in [4.78, 5) is 9.24. The first-order valence-corrected chi connectivity index (χ1v) is 9.40. The van der Waals surface area contributed by atoms with E-state index in [2.05, 4.69) is 20.9 Å². The van der Waals surface area contributed by atoms with E-state index < -0.39 is 0 Å². The van der Waals surface area contributed by atoms with Crippen LogP contribution in [0.5, 0.6) is 0 Å². The Bertz CT molecular complexity index is 522. The number of nitrogens with two attached hydrogens (primary N) is 1. The minimum absolute atomic E-state index is 0.130. The van der Waals surface area contributed by atoms with E-state index in [1.54, 1.807) is 0 Å². The van der Waals surface area contributed by atoms with Crippen molar-refractivity contribution < 1.29 is 9.15 Å². The normalized spacial score (nSPS) is 22.3. The fourth-order valence-corrected chi connectivity index (χ4v) is 3.88. The second-order valence-corrected chi connectivity index (χ2v) is 7.14. The Morgan fingerprint density at radius 2 is 2.00 bits per heavy atom. The van der Waals surface area contributed by atoms with E-state index in [0.717, 1.165) is 62.4 Å². The lowest BCUT2D eigenvalue weighted by atomic mass is 10.1. The van der Waals surface area contributed by atoms with Gasteiger partial charge in [0.25, 0.3) is 0 Å². The molecule has 0 saturated carbocycles. The molecule has 23 heavy (non-hydrogen) atoms. The van der Waals surface area contributed by atoms with Crippen LogP contribution < -0.4 is 5.73 Å². The Labute approximate surface area is 142 Å². The summed E-state index contributed by atoms with van der Waals surface area (Å²) < 4.78 is 11.3. The zero-order valence-corrected chi connectivity index (χ0v) is 14.6. The minimum atomic E-state index is 0.130. The Kier molecular flexibility index (Phi) is 5.85. The Morgan fingerprint density at radius 3 is 2.65 bits per heavy atom. The quantitative estimate of drug-likeness (QED) is 0.660. The molecular weight excluding hydrogens is 312 g/mol. The molecule has 0 aliphatic carbocycles. The summed E-state index contributed by atoms with van der Waals surface area (Å²) in [6.45, 7) is 7.91. The third-order valence-corrected chi connectivity index (χ3v) is 5.28. The number of ether oxygens (including phenoxy) is 1. The van der Waals surface area contributed by atoms with Gasteiger partial charge >= 0.3 is 0 Å². The molecule has 3 rings (SSSR count). The summed E-state index contributed by atoms with van der Waals surface area (Å²) in [5, 5.41) is 0. The molecule has 2 saturated heterocycles. The minimum Gasteiger partial charge on any atom is -0.465 e. The molecule has 1 aromatic heterocycles. The maximum atomic E-state index is 6.20. The molecular formula is C16H26N4O2S. The molecule has 6 nitrogen and oxygen atoms in total. The van der Waals surface area contributed by atoms with Crippen molar-refractivity contribution in [2.24, 2.45) is 10.7 Å². The van der Waals surface area contributed by atoms with Crippen molar-refractivity contribution in [2.75, 3.05) is 57.4 Å². The first kappa shape index (κ1) is 16.7. The number of aliphatic imine (C=N–C) groups is 1. The molecule has 0 spiro atoms. The lowest BCUT2D eigenvalue weighted by Gasteiger charge is -2.33. The molecule has 0 amide bonds. The van der Waals surface area contributed by atoms with Crippen molar-refractivity contribution >= 4 is 17.7 Å². The summed E-state index contributed by atoms with van der Waals surface area (Å²) in [5.74, 6) is 4.81. The van der Waals surface area contributed by atoms with Gasteiger partial charge in [-0.05, 0) is 19.1 Å². The number of guanidine groups is 1. The van der Waals surface area contributed by atoms with E-state index >= 15 is 0 Å². The average molecular weight is 338 g/mol. The zero-order valence-electron chi connectivity index (χ0n) is 13.7. The van der Waals surface area contributed by atoms with Crippen LogP contribution in [0.3, 0.4) is 0 Å². The molecule has 128 valence electrons. The fourth-order valence-electron chi connectivity index (χ4n) is 2.98. The maximum Gasteiger partial charge on any atom is 0.191 e. The molecule has 2 fully saturated rings. The summed E-state index contributed by atoms with van der Waals surface area (Å²) in [6, 6.07) is 4.20. The summed E-state index contributed by atoms with van der Waals surface area (Å²) >= 11 is 1.97. The van der Waals surface area contributed by atoms with Gasteiger partial charge < -0.3 is 19.8 Å². The van der Waals surface area contributed by atoms with Gasteiger partial charge in [0, 0.05) is 37.7 Å². The summed E-state index contributed by atoms with van der Waals surface area (Å²) in [5.41, 5.74) is 6.20. The lowest BCUT2D eigenvalue weighted by molar-refractivity contribution is 0.0135. The predicted octanol–water partition coefficient (Wildman–Crippen LogP) is 1.32. The molecule has 3 heterocycles. The number of rotatable bonds is 4. The molecule has 2 aliphatic heterocycles. The van der Waals surface area contributed by atoms with Crippen molar-refractivity contribution in [1.82, 2.24) is 9.80 Å². The van der Waals surface area contributed by atoms with Gasteiger partial charge in [-0.2, -0.15) is 11.8 Å². The van der Waals surface area contributed by atoms with Crippen LogP contribution in [-0.2, 0) is 4.74 Å². The van der Waals surface area contributed by atoms with Crippen LogP contribution in [-0.4, -0.2) is 73.2 Å². The highest BCUT2D eigenvalue weighted by Gasteiger charge is 2.25. The highest BCUT2D eigenvalue weighted by molar-refractivity contribution is 7.99. The number of hydrogen-bond donors (Lipinski definition) is 1. The number of nitrogens with zero attached hydrogens (tertiary/aromatic N) is 3. The summed E-state index contributed by atoms with van der Waals surface area (Å²) in [7, 11) is 0.